The standard InChI is InChI=1S/C37H27N5O6S2.2Na/c1-23-15-17-24(18-16-23)38-34-22-21-33(29-11-6-14-36(37(29)34)50(46,47)48)42-41-32-20-19-31(25-7-2-3-8-26(25)32)40-39-30-12-4-10-28-27(30)9-5-13-35(28)49(43,44)45;;/h2-22,38H,1H3,(H,43,44,45)(H,46,47,48);;. The molecular weight excluding hydrogens is 721 g/mol. The van der Waals surface area contributed by atoms with Crippen LogP contribution in [0, 0.1) is 6.92 Å². The predicted molar refractivity (Wildman–Crippen MR) is 206 cm³/mol. The van der Waals surface area contributed by atoms with Crippen LogP contribution in [0.1, 0.15) is 5.56 Å². The van der Waals surface area contributed by atoms with Gasteiger partial charge < -0.3 is 5.32 Å². The van der Waals surface area contributed by atoms with E-state index in [0.717, 1.165) is 22.0 Å². The van der Waals surface area contributed by atoms with Gasteiger partial charge in [0.05, 0.1) is 22.7 Å². The first-order valence-corrected chi connectivity index (χ1v) is 18.1. The molecule has 0 heterocycles. The number of nitrogens with one attached hydrogen (secondary N) is 1. The van der Waals surface area contributed by atoms with E-state index in [-0.39, 0.29) is 74.3 Å². The number of fused-ring (bicyclic) bond motifs is 3. The number of aryl methyl sites for hydroxylation is 1. The molecule has 7 rings (SSSR count). The van der Waals surface area contributed by atoms with Crippen molar-refractivity contribution >= 4 is 146 Å². The summed E-state index contributed by atoms with van der Waals surface area (Å²) in [6, 6.07) is 36.0. The van der Waals surface area contributed by atoms with Gasteiger partial charge in [0.15, 0.2) is 0 Å². The largest absolute Gasteiger partial charge is 0.355 e. The maximum atomic E-state index is 12.5. The summed E-state index contributed by atoms with van der Waals surface area (Å²) in [6.45, 7) is 1.97. The van der Waals surface area contributed by atoms with Crippen LogP contribution in [0.15, 0.2) is 158 Å². The number of anilines is 2. The van der Waals surface area contributed by atoms with Crippen LogP contribution < -0.4 is 5.32 Å². The molecule has 0 aromatic heterocycles. The molecule has 0 aliphatic carbocycles. The second kappa shape index (κ2) is 16.0. The van der Waals surface area contributed by atoms with Crippen LogP contribution in [0.5, 0.6) is 0 Å². The second-order valence-corrected chi connectivity index (χ2v) is 14.2. The fourth-order valence-corrected chi connectivity index (χ4v) is 7.23. The van der Waals surface area contributed by atoms with Gasteiger partial charge in [0.2, 0.25) is 0 Å². The molecule has 0 fully saturated rings. The molecule has 0 aliphatic heterocycles. The fraction of sp³-hybridized carbons (Fsp3) is 0.0270. The monoisotopic (exact) mass is 747 g/mol. The average molecular weight is 748 g/mol. The minimum absolute atomic E-state index is 0. The van der Waals surface area contributed by atoms with Crippen LogP contribution in [0.2, 0.25) is 0 Å². The molecule has 0 amide bonds. The summed E-state index contributed by atoms with van der Waals surface area (Å²) in [7, 11) is -9.03. The van der Waals surface area contributed by atoms with Crippen molar-refractivity contribution in [2.24, 2.45) is 20.5 Å². The Labute approximate surface area is 344 Å². The minimum atomic E-state index is -4.58. The first kappa shape index (κ1) is 39.3. The van der Waals surface area contributed by atoms with Crippen molar-refractivity contribution in [2.45, 2.75) is 16.7 Å². The third kappa shape index (κ3) is 8.19. The quantitative estimate of drug-likeness (QED) is 0.0789. The molecule has 0 saturated heterocycles. The van der Waals surface area contributed by atoms with Gasteiger partial charge in [-0.25, -0.2) is 0 Å². The van der Waals surface area contributed by atoms with Crippen molar-refractivity contribution in [3.05, 3.63) is 133 Å². The van der Waals surface area contributed by atoms with E-state index in [1.807, 2.05) is 55.5 Å². The third-order valence-electron chi connectivity index (χ3n) is 8.13. The number of nitrogens with zero attached hydrogens (tertiary/aromatic N) is 4. The molecule has 7 aromatic carbocycles. The Morgan fingerprint density at radius 1 is 0.462 bits per heavy atom. The van der Waals surface area contributed by atoms with E-state index in [0.29, 0.717) is 44.6 Å². The maximum Gasteiger partial charge on any atom is 0.295 e. The Hall–Kier alpha value is -3.86. The van der Waals surface area contributed by atoms with Gasteiger partial charge in [-0.15, -0.1) is 20.5 Å². The van der Waals surface area contributed by atoms with Crippen molar-refractivity contribution in [2.75, 3.05) is 5.32 Å². The van der Waals surface area contributed by atoms with E-state index in [1.54, 1.807) is 54.6 Å². The average Bonchev–Trinajstić information content (AvgIpc) is 3.10. The molecule has 250 valence electrons. The Morgan fingerprint density at radius 2 is 0.885 bits per heavy atom. The van der Waals surface area contributed by atoms with Crippen molar-refractivity contribution in [1.29, 1.82) is 0 Å². The van der Waals surface area contributed by atoms with Crippen LogP contribution in [-0.4, -0.2) is 85.1 Å². The molecule has 0 spiro atoms. The van der Waals surface area contributed by atoms with E-state index in [4.69, 9.17) is 0 Å². The number of hydrogen-bond acceptors (Lipinski definition) is 9. The van der Waals surface area contributed by atoms with Gasteiger partial charge in [0.25, 0.3) is 20.2 Å². The zero-order valence-electron chi connectivity index (χ0n) is 28.3. The summed E-state index contributed by atoms with van der Waals surface area (Å²) in [5.74, 6) is 0. The summed E-state index contributed by atoms with van der Waals surface area (Å²) in [5.41, 5.74) is 4.12. The fourth-order valence-electron chi connectivity index (χ4n) is 5.79. The molecule has 0 atom stereocenters. The van der Waals surface area contributed by atoms with Crippen molar-refractivity contribution in [3.8, 4) is 0 Å². The molecule has 0 aliphatic rings. The Kier molecular flexibility index (Phi) is 12.1. The van der Waals surface area contributed by atoms with Crippen molar-refractivity contribution in [1.82, 2.24) is 0 Å². The first-order valence-electron chi connectivity index (χ1n) is 15.2. The number of benzene rings is 7. The number of azo groups is 2. The molecule has 2 radical (unpaired) electrons. The summed E-state index contributed by atoms with van der Waals surface area (Å²) < 4.78 is 68.5. The van der Waals surface area contributed by atoms with Crippen LogP contribution in [-0.2, 0) is 20.2 Å². The maximum absolute atomic E-state index is 12.5. The predicted octanol–water partition coefficient (Wildman–Crippen LogP) is 9.76. The van der Waals surface area contributed by atoms with Crippen LogP contribution in [0.25, 0.3) is 32.3 Å². The van der Waals surface area contributed by atoms with Crippen molar-refractivity contribution in [3.63, 3.8) is 0 Å². The molecule has 11 nitrogen and oxygen atoms in total. The Bertz CT molecular complexity index is 2760. The molecule has 52 heavy (non-hydrogen) atoms. The molecule has 3 N–H and O–H groups in total. The van der Waals surface area contributed by atoms with Gasteiger partial charge in [-0.05, 0) is 61.5 Å². The van der Waals surface area contributed by atoms with E-state index >= 15 is 0 Å². The molecule has 15 heteroatoms. The van der Waals surface area contributed by atoms with Crippen LogP contribution >= 0.6 is 0 Å². The van der Waals surface area contributed by atoms with E-state index in [1.165, 1.54) is 24.3 Å². The van der Waals surface area contributed by atoms with Gasteiger partial charge >= 0.3 is 0 Å². The number of hydrogen-bond donors (Lipinski definition) is 3. The summed E-state index contributed by atoms with van der Waals surface area (Å²) in [4.78, 5) is -0.478. The van der Waals surface area contributed by atoms with Gasteiger partial charge in [0.1, 0.15) is 9.79 Å². The molecule has 0 bridgehead atoms. The SMILES string of the molecule is Cc1ccc(Nc2ccc(N=Nc3ccc(N=Nc4cccc5c(S(=O)(=O)O)cccc45)c4ccccc34)c3cccc(S(=O)(=O)O)c23)cc1.[Na].[Na]. The van der Waals surface area contributed by atoms with E-state index < -0.39 is 20.2 Å². The van der Waals surface area contributed by atoms with Gasteiger partial charge in [-0.3, -0.25) is 9.11 Å². The topological polar surface area (TPSA) is 170 Å². The van der Waals surface area contributed by atoms with Crippen LogP contribution in [0.3, 0.4) is 0 Å². The third-order valence-corrected chi connectivity index (χ3v) is 9.94. The normalized spacial score (nSPS) is 12.0. The smallest absolute Gasteiger partial charge is 0.295 e. The summed E-state index contributed by atoms with van der Waals surface area (Å²) >= 11 is 0. The Morgan fingerprint density at radius 3 is 1.46 bits per heavy atom. The molecule has 0 saturated carbocycles. The van der Waals surface area contributed by atoms with Crippen LogP contribution in [0.4, 0.5) is 34.1 Å². The van der Waals surface area contributed by atoms with E-state index in [2.05, 4.69) is 25.8 Å². The molecule has 7 aromatic rings. The van der Waals surface area contributed by atoms with E-state index in [9.17, 15) is 25.9 Å². The Balaban J connectivity index is 0.00000261. The minimum Gasteiger partial charge on any atom is -0.355 e. The molecular formula is C37H27N5Na2O6S2. The summed E-state index contributed by atoms with van der Waals surface area (Å²) in [5, 5.41) is 24.2. The van der Waals surface area contributed by atoms with Gasteiger partial charge in [0, 0.05) is 103 Å². The summed E-state index contributed by atoms with van der Waals surface area (Å²) in [6.07, 6.45) is 0. The number of rotatable bonds is 8. The second-order valence-electron chi connectivity index (χ2n) is 11.4. The van der Waals surface area contributed by atoms with Gasteiger partial charge in [-0.1, -0.05) is 78.4 Å². The first-order chi connectivity index (χ1) is 24.0. The zero-order chi connectivity index (χ0) is 35.0. The van der Waals surface area contributed by atoms with Crippen molar-refractivity contribution < 1.29 is 25.9 Å². The molecule has 0 unspecified atom stereocenters. The zero-order valence-corrected chi connectivity index (χ0v) is 33.9. The van der Waals surface area contributed by atoms with Gasteiger partial charge in [-0.2, -0.15) is 16.8 Å².